The molecule has 1 atom stereocenters. The fourth-order valence-corrected chi connectivity index (χ4v) is 1.79. The van der Waals surface area contributed by atoms with Crippen LogP contribution in [-0.4, -0.2) is 18.5 Å². The highest BCUT2D eigenvalue weighted by atomic mass is 35.5. The minimum Gasteiger partial charge on any atom is -0.467 e. The van der Waals surface area contributed by atoms with E-state index in [1.807, 2.05) is 12.1 Å². The van der Waals surface area contributed by atoms with Gasteiger partial charge < -0.3 is 15.1 Å². The molecule has 2 N–H and O–H groups in total. The Morgan fingerprint density at radius 2 is 2.44 bits per heavy atom. The fourth-order valence-electron chi connectivity index (χ4n) is 1.79. The number of furan rings is 1. The number of nitrogens with one attached hydrogen (secondary N) is 2. The second-order valence-electron chi connectivity index (χ2n) is 3.80. The predicted octanol–water partition coefficient (Wildman–Crippen LogP) is 1.46. The number of hydrogen-bond acceptors (Lipinski definition) is 3. The van der Waals surface area contributed by atoms with E-state index >= 15 is 0 Å². The number of rotatable bonds is 3. The molecule has 1 unspecified atom stereocenters. The van der Waals surface area contributed by atoms with Crippen molar-refractivity contribution < 1.29 is 9.21 Å². The summed E-state index contributed by atoms with van der Waals surface area (Å²) in [6, 6.07) is 3.66. The zero-order chi connectivity index (χ0) is 10.5. The van der Waals surface area contributed by atoms with Crippen LogP contribution in [0.1, 0.15) is 25.0 Å². The van der Waals surface area contributed by atoms with Crippen LogP contribution in [0.15, 0.2) is 22.8 Å². The first-order valence-electron chi connectivity index (χ1n) is 5.40. The highest BCUT2D eigenvalue weighted by Gasteiger charge is 2.19. The van der Waals surface area contributed by atoms with Crippen LogP contribution in [0.3, 0.4) is 0 Å². The molecule has 0 aromatic carbocycles. The van der Waals surface area contributed by atoms with Crippen LogP contribution < -0.4 is 10.6 Å². The van der Waals surface area contributed by atoms with E-state index in [1.54, 1.807) is 6.26 Å². The quantitative estimate of drug-likeness (QED) is 0.847. The van der Waals surface area contributed by atoms with Crippen LogP contribution in [0, 0.1) is 0 Å². The Kier molecular flexibility index (Phi) is 5.35. The van der Waals surface area contributed by atoms with Crippen molar-refractivity contribution in [3.05, 3.63) is 24.2 Å². The van der Waals surface area contributed by atoms with E-state index in [2.05, 4.69) is 10.6 Å². The largest absolute Gasteiger partial charge is 0.467 e. The second-order valence-corrected chi connectivity index (χ2v) is 3.80. The van der Waals surface area contributed by atoms with E-state index in [1.165, 1.54) is 6.42 Å². The van der Waals surface area contributed by atoms with Crippen molar-refractivity contribution in [1.29, 1.82) is 0 Å². The molecule has 0 bridgehead atoms. The van der Waals surface area contributed by atoms with Gasteiger partial charge in [0.2, 0.25) is 5.91 Å². The highest BCUT2D eigenvalue weighted by Crippen LogP contribution is 2.07. The Labute approximate surface area is 101 Å². The molecule has 2 rings (SSSR count). The molecule has 2 heterocycles. The Morgan fingerprint density at radius 1 is 1.56 bits per heavy atom. The Balaban J connectivity index is 0.00000128. The van der Waals surface area contributed by atoms with E-state index in [0.717, 1.165) is 25.1 Å². The second kappa shape index (κ2) is 6.55. The maximum atomic E-state index is 11.7. The number of piperidine rings is 1. The predicted molar refractivity (Wildman–Crippen MR) is 63.4 cm³/mol. The van der Waals surface area contributed by atoms with Gasteiger partial charge in [-0.3, -0.25) is 4.79 Å². The van der Waals surface area contributed by atoms with Gasteiger partial charge in [-0.1, -0.05) is 6.42 Å². The van der Waals surface area contributed by atoms with E-state index in [9.17, 15) is 4.79 Å². The Hall–Kier alpha value is -1.00. The lowest BCUT2D eigenvalue weighted by molar-refractivity contribution is -0.123. The van der Waals surface area contributed by atoms with Crippen molar-refractivity contribution in [3.8, 4) is 0 Å². The normalized spacial score (nSPS) is 19.9. The summed E-state index contributed by atoms with van der Waals surface area (Å²) in [7, 11) is 0. The van der Waals surface area contributed by atoms with Crippen LogP contribution in [0.25, 0.3) is 0 Å². The Morgan fingerprint density at radius 3 is 3.06 bits per heavy atom. The minimum atomic E-state index is -0.0197. The minimum absolute atomic E-state index is 0. The zero-order valence-corrected chi connectivity index (χ0v) is 9.89. The van der Waals surface area contributed by atoms with E-state index in [-0.39, 0.29) is 24.4 Å². The number of halogens is 1. The van der Waals surface area contributed by atoms with E-state index < -0.39 is 0 Å². The average Bonchev–Trinajstić information content (AvgIpc) is 2.80. The molecular weight excluding hydrogens is 228 g/mol. The summed E-state index contributed by atoms with van der Waals surface area (Å²) in [6.45, 7) is 1.42. The smallest absolute Gasteiger partial charge is 0.237 e. The van der Waals surface area contributed by atoms with Crippen molar-refractivity contribution in [2.24, 2.45) is 0 Å². The molecule has 4 nitrogen and oxygen atoms in total. The zero-order valence-electron chi connectivity index (χ0n) is 9.07. The third-order valence-electron chi connectivity index (χ3n) is 2.64. The Bertz CT molecular complexity index is 308. The summed E-state index contributed by atoms with van der Waals surface area (Å²) in [6.07, 6.45) is 4.85. The lowest BCUT2D eigenvalue weighted by Gasteiger charge is -2.22. The molecule has 1 aromatic heterocycles. The molecule has 1 fully saturated rings. The van der Waals surface area contributed by atoms with Crippen LogP contribution in [0.4, 0.5) is 0 Å². The summed E-state index contributed by atoms with van der Waals surface area (Å²) in [5.74, 6) is 0.866. The third kappa shape index (κ3) is 3.54. The summed E-state index contributed by atoms with van der Waals surface area (Å²) >= 11 is 0. The summed E-state index contributed by atoms with van der Waals surface area (Å²) in [5, 5.41) is 6.07. The van der Waals surface area contributed by atoms with Crippen LogP contribution in [0.2, 0.25) is 0 Å². The van der Waals surface area contributed by atoms with Crippen LogP contribution >= 0.6 is 12.4 Å². The first kappa shape index (κ1) is 13.1. The lowest BCUT2D eigenvalue weighted by atomic mass is 10.0. The molecule has 1 aliphatic heterocycles. The maximum absolute atomic E-state index is 11.7. The van der Waals surface area contributed by atoms with Gasteiger partial charge in [0.15, 0.2) is 0 Å². The SMILES string of the molecule is Cl.O=C(NCc1ccco1)C1CCCCN1. The summed E-state index contributed by atoms with van der Waals surface area (Å²) in [4.78, 5) is 11.7. The molecular formula is C11H17ClN2O2. The monoisotopic (exact) mass is 244 g/mol. The number of carbonyl (C=O) groups is 1. The van der Waals surface area contributed by atoms with Gasteiger partial charge in [-0.15, -0.1) is 12.4 Å². The van der Waals surface area contributed by atoms with Crippen molar-refractivity contribution in [3.63, 3.8) is 0 Å². The van der Waals surface area contributed by atoms with Gasteiger partial charge in [0.1, 0.15) is 5.76 Å². The van der Waals surface area contributed by atoms with Gasteiger partial charge in [0, 0.05) is 0 Å². The van der Waals surface area contributed by atoms with Crippen molar-refractivity contribution in [2.45, 2.75) is 31.8 Å². The number of hydrogen-bond donors (Lipinski definition) is 2. The summed E-state index contributed by atoms with van der Waals surface area (Å²) in [5.41, 5.74) is 0. The molecule has 16 heavy (non-hydrogen) atoms. The van der Waals surface area contributed by atoms with Crippen molar-refractivity contribution in [2.75, 3.05) is 6.54 Å². The molecule has 1 amide bonds. The molecule has 0 saturated carbocycles. The molecule has 1 aliphatic rings. The third-order valence-corrected chi connectivity index (χ3v) is 2.64. The average molecular weight is 245 g/mol. The van der Waals surface area contributed by atoms with Crippen LogP contribution in [0.5, 0.6) is 0 Å². The number of amides is 1. The fraction of sp³-hybridized carbons (Fsp3) is 0.545. The standard InChI is InChI=1S/C11H16N2O2.ClH/c14-11(10-5-1-2-6-12-10)13-8-9-4-3-7-15-9;/h3-4,7,10,12H,1-2,5-6,8H2,(H,13,14);1H. The lowest BCUT2D eigenvalue weighted by Crippen LogP contribution is -2.46. The molecule has 0 spiro atoms. The van der Waals surface area contributed by atoms with Gasteiger partial charge >= 0.3 is 0 Å². The van der Waals surface area contributed by atoms with Gasteiger partial charge in [-0.2, -0.15) is 0 Å². The van der Waals surface area contributed by atoms with E-state index in [0.29, 0.717) is 6.54 Å². The first-order valence-corrected chi connectivity index (χ1v) is 5.40. The first-order chi connectivity index (χ1) is 7.36. The van der Waals surface area contributed by atoms with Gasteiger partial charge in [-0.25, -0.2) is 0 Å². The summed E-state index contributed by atoms with van der Waals surface area (Å²) < 4.78 is 5.14. The molecule has 1 saturated heterocycles. The van der Waals surface area contributed by atoms with E-state index in [4.69, 9.17) is 4.42 Å². The van der Waals surface area contributed by atoms with Gasteiger partial charge in [-0.05, 0) is 31.5 Å². The number of carbonyl (C=O) groups excluding carboxylic acids is 1. The molecule has 0 aliphatic carbocycles. The molecule has 90 valence electrons. The van der Waals surface area contributed by atoms with Crippen molar-refractivity contribution >= 4 is 18.3 Å². The maximum Gasteiger partial charge on any atom is 0.237 e. The molecule has 0 radical (unpaired) electrons. The van der Waals surface area contributed by atoms with Gasteiger partial charge in [0.25, 0.3) is 0 Å². The highest BCUT2D eigenvalue weighted by molar-refractivity contribution is 5.85. The topological polar surface area (TPSA) is 54.3 Å². The van der Waals surface area contributed by atoms with Gasteiger partial charge in [0.05, 0.1) is 18.8 Å². The molecule has 1 aromatic rings. The molecule has 5 heteroatoms. The van der Waals surface area contributed by atoms with Crippen molar-refractivity contribution in [1.82, 2.24) is 10.6 Å². The van der Waals surface area contributed by atoms with Crippen LogP contribution in [-0.2, 0) is 11.3 Å².